The second kappa shape index (κ2) is 46.8. The Labute approximate surface area is 876 Å². The summed E-state index contributed by atoms with van der Waals surface area (Å²) in [4.78, 5) is 157. The van der Waals surface area contributed by atoms with E-state index in [0.29, 0.717) is 161 Å². The predicted octanol–water partition coefficient (Wildman–Crippen LogP) is 17.7. The van der Waals surface area contributed by atoms with E-state index < -0.39 is 46.7 Å². The van der Waals surface area contributed by atoms with Crippen LogP contribution in [-0.4, -0.2) is 239 Å². The van der Waals surface area contributed by atoms with Crippen molar-refractivity contribution in [2.75, 3.05) is 170 Å². The van der Waals surface area contributed by atoms with Crippen LogP contribution < -0.4 is 101 Å². The van der Waals surface area contributed by atoms with E-state index in [4.69, 9.17) is 43.6 Å². The molecule has 40 heteroatoms. The van der Waals surface area contributed by atoms with E-state index in [-0.39, 0.29) is 71.0 Å². The molecule has 5 aliphatic heterocycles. The molecule has 0 atom stereocenters. The van der Waals surface area contributed by atoms with E-state index in [1.165, 1.54) is 77.0 Å². The fourth-order valence-electron chi connectivity index (χ4n) is 22.0. The monoisotopic (exact) mass is 2070 g/mol. The average molecular weight is 2070 g/mol. The van der Waals surface area contributed by atoms with Crippen LogP contribution in [0.1, 0.15) is 264 Å². The Bertz CT molecular complexity index is 6020. The van der Waals surface area contributed by atoms with Crippen LogP contribution in [0.2, 0.25) is 0 Å². The van der Waals surface area contributed by atoms with Crippen LogP contribution in [-0.2, 0) is 23.9 Å². The maximum atomic E-state index is 13.2. The number of nitrogens with zero attached hydrogens (tertiary/aromatic N) is 16. The molecule has 8 amide bonds. The van der Waals surface area contributed by atoms with Crippen LogP contribution in [0.25, 0.3) is 0 Å². The van der Waals surface area contributed by atoms with Crippen LogP contribution in [0.15, 0.2) is 97.6 Å². The van der Waals surface area contributed by atoms with Gasteiger partial charge in [-0.05, 0) is 224 Å². The van der Waals surface area contributed by atoms with Gasteiger partial charge in [0.1, 0.15) is 45.7 Å². The summed E-state index contributed by atoms with van der Waals surface area (Å²) < 4.78 is 64.8. The van der Waals surface area contributed by atoms with Gasteiger partial charge in [0.25, 0.3) is 23.6 Å². The normalized spacial score (nSPS) is 19.4. The molecule has 9 heterocycles. The molecule has 806 valence electrons. The van der Waals surface area contributed by atoms with Crippen molar-refractivity contribution < 1.29 is 75.2 Å². The van der Waals surface area contributed by atoms with Crippen molar-refractivity contribution >= 4 is 140 Å². The first-order chi connectivity index (χ1) is 71.7. The van der Waals surface area contributed by atoms with E-state index in [0.717, 1.165) is 138 Å². The molecule has 1 saturated heterocycles. The van der Waals surface area contributed by atoms with E-state index in [1.54, 1.807) is 142 Å². The van der Waals surface area contributed by atoms with Gasteiger partial charge in [-0.2, -0.15) is 33.1 Å². The number of hydrogen-bond acceptors (Lipinski definition) is 29. The van der Waals surface area contributed by atoms with Gasteiger partial charge >= 0.3 is 6.18 Å². The number of rotatable bonds is 26. The highest BCUT2D eigenvalue weighted by Gasteiger charge is 2.48. The molecule has 7 fully saturated rings. The first kappa shape index (κ1) is 109. The smallest absolute Gasteiger partial charge is 0.390 e. The van der Waals surface area contributed by atoms with Crippen LogP contribution in [0.5, 0.6) is 23.0 Å². The van der Waals surface area contributed by atoms with Gasteiger partial charge in [0.2, 0.25) is 47.4 Å². The molecule has 4 aromatic carbocycles. The van der Waals surface area contributed by atoms with Crippen molar-refractivity contribution in [1.29, 1.82) is 0 Å². The second-order valence-electron chi connectivity index (χ2n) is 44.0. The average Bonchev–Trinajstić information content (AvgIpc) is 1.62. The molecule has 6 aliphatic carbocycles. The Hall–Kier alpha value is -13.7. The predicted molar refractivity (Wildman–Crippen MR) is 574 cm³/mol. The Kier molecular flexibility index (Phi) is 34.0. The molecule has 0 bridgehead atoms. The number of hydrogen-bond donors (Lipinski definition) is 8. The first-order valence-corrected chi connectivity index (χ1v) is 53.0. The van der Waals surface area contributed by atoms with Gasteiger partial charge in [0.05, 0.1) is 104 Å². The van der Waals surface area contributed by atoms with Crippen LogP contribution in [0.3, 0.4) is 0 Å². The molecule has 8 aromatic rings. The number of ether oxygens (including phenoxy) is 5. The number of carbonyl (C=O) groups excluding carboxylic acids is 8. The molecular formula is C110H147F3N24O13. The summed E-state index contributed by atoms with van der Waals surface area (Å²) in [6, 6.07) is 22.2. The molecular weight excluding hydrogens is 1920 g/mol. The summed E-state index contributed by atoms with van der Waals surface area (Å²) >= 11 is 0. The molecule has 150 heavy (non-hydrogen) atoms. The fourth-order valence-corrected chi connectivity index (χ4v) is 22.0. The summed E-state index contributed by atoms with van der Waals surface area (Å²) in [6.07, 6.45) is 29.0. The number of aromatic nitrogens is 8. The minimum Gasteiger partial charge on any atom is -0.495 e. The lowest BCUT2D eigenvalue weighted by Crippen LogP contribution is -2.45. The zero-order valence-electron chi connectivity index (χ0n) is 89.4. The van der Waals surface area contributed by atoms with Crippen molar-refractivity contribution in [2.45, 2.75) is 265 Å². The number of methoxy groups -OCH3 is 4. The molecule has 0 unspecified atom stereocenters. The molecule has 6 saturated carbocycles. The topological polar surface area (TPSA) is 408 Å². The summed E-state index contributed by atoms with van der Waals surface area (Å²) in [5, 5.41) is 24.5. The SMILES string of the molecule is COc1cc(C(=O)NC2CCCCC2)ccc1Nc1ncc2c(n1)N(C1CCCC1)CC(C)(C)C(=O)N2C.COc1cc(C(=O)NC2CCOCC2)ccc1Nc1ncc2c(n1)N(C1CCCC1)CC(C)(C)C(=O)N2C.COc1cc(C(=O)NCC2CC2)ccc1Nc1ncc2c(n1)N(C1CCCC1)CC(C)(C)C(=O)N2C.COc1cc(C(=O)NCCC(F)(F)F)ccc1Nc1ncc2c(n1)N(C1CCCC1)CC(C)(C)C(=O)N2C. The van der Waals surface area contributed by atoms with Gasteiger partial charge in [-0.3, -0.25) is 38.4 Å². The zero-order chi connectivity index (χ0) is 107. The first-order valence-electron chi connectivity index (χ1n) is 53.0. The summed E-state index contributed by atoms with van der Waals surface area (Å²) in [6.45, 7) is 19.8. The molecule has 37 nitrogen and oxygen atoms in total. The van der Waals surface area contributed by atoms with E-state index in [9.17, 15) is 51.5 Å². The zero-order valence-corrected chi connectivity index (χ0v) is 89.4. The standard InChI is InChI=1S/C29H40N6O3.C28H38N6O4.C27H36N6O3.C26H33F3N6O3/c1-29(2)18-35(21-12-8-9-13-21)25-23(34(3)27(29)37)17-30-28(33-25)32-22-15-14-19(16-24(22)38-4)26(36)31-20-10-6-5-7-11-20;1-28(2)17-34(20-7-5-6-8-20)24-22(33(3)26(28)36)16-29-27(32-24)31-21-10-9-18(15-23(21)37-4)25(35)30-19-11-13-38-14-12-19;1-27(2)16-33(19-7-5-6-8-19)23-21(32(3)25(27)35)15-29-26(31-23)30-20-12-11-18(13-22(20)36-4)24(34)28-14-17-9-10-17;1-25(2)15-35(17-7-5-6-8-17)21-19(34(3)23(25)37)14-31-24(33-21)32-18-10-9-16(13-20(18)38-4)22(36)30-12-11-26(27,28)29/h14-17,20-21H,5-13,18H2,1-4H3,(H,31,36)(H,30,32,33);9-10,15-16,19-20H,5-8,11-14,17H2,1-4H3,(H,30,35)(H,29,31,32);11-13,15,17,19H,5-10,14,16H2,1-4H3,(H,28,34)(H,29,30,31);9-10,13-14,17H,5-8,11-12,15H2,1-4H3,(H,30,36)(H,31,32,33). The third kappa shape index (κ3) is 25.6. The van der Waals surface area contributed by atoms with Gasteiger partial charge in [0.15, 0.2) is 23.3 Å². The van der Waals surface area contributed by atoms with Gasteiger partial charge in [-0.1, -0.05) is 70.6 Å². The lowest BCUT2D eigenvalue weighted by atomic mass is 9.91. The molecule has 0 spiro atoms. The van der Waals surface area contributed by atoms with Crippen molar-refractivity contribution in [3.8, 4) is 23.0 Å². The van der Waals surface area contributed by atoms with E-state index >= 15 is 0 Å². The number of carbonyl (C=O) groups is 8. The van der Waals surface area contributed by atoms with Crippen molar-refractivity contribution in [3.05, 3.63) is 120 Å². The Balaban J connectivity index is 0.000000142. The maximum Gasteiger partial charge on any atom is 0.390 e. The highest BCUT2D eigenvalue weighted by Crippen LogP contribution is 2.48. The fraction of sp³-hybridized carbons (Fsp3) is 0.564. The van der Waals surface area contributed by atoms with Crippen LogP contribution >= 0.6 is 0 Å². The number of fused-ring (bicyclic) bond motifs is 4. The number of alkyl halides is 3. The number of amides is 8. The molecule has 0 radical (unpaired) electrons. The number of anilines is 16. The van der Waals surface area contributed by atoms with E-state index in [1.807, 2.05) is 67.5 Å². The van der Waals surface area contributed by atoms with Gasteiger partial charge < -0.3 is 105 Å². The molecule has 8 N–H and O–H groups in total. The lowest BCUT2D eigenvalue weighted by molar-refractivity contribution is -0.133. The van der Waals surface area contributed by atoms with E-state index in [2.05, 4.69) is 82.1 Å². The Morgan fingerprint density at radius 3 is 0.887 bits per heavy atom. The summed E-state index contributed by atoms with van der Waals surface area (Å²) in [7, 11) is 13.3. The highest BCUT2D eigenvalue weighted by molar-refractivity contribution is 6.05. The molecule has 4 aromatic heterocycles. The highest BCUT2D eigenvalue weighted by atomic mass is 19.4. The quantitative estimate of drug-likeness (QED) is 0.0250. The largest absolute Gasteiger partial charge is 0.495 e. The van der Waals surface area contributed by atoms with Crippen molar-refractivity contribution in [1.82, 2.24) is 61.1 Å². The van der Waals surface area contributed by atoms with Crippen LogP contribution in [0, 0.1) is 27.6 Å². The minimum atomic E-state index is -4.35. The number of nitrogens with one attached hydrogen (secondary N) is 8. The van der Waals surface area contributed by atoms with Crippen molar-refractivity contribution in [3.63, 3.8) is 0 Å². The Morgan fingerprint density at radius 2 is 0.620 bits per heavy atom. The Morgan fingerprint density at radius 1 is 0.360 bits per heavy atom. The van der Waals surface area contributed by atoms with Crippen LogP contribution in [0.4, 0.5) is 106 Å². The third-order valence-electron chi connectivity index (χ3n) is 30.7. The van der Waals surface area contributed by atoms with Gasteiger partial charge in [-0.25, -0.2) is 19.9 Å². The van der Waals surface area contributed by atoms with Crippen molar-refractivity contribution in [2.24, 2.45) is 27.6 Å². The number of halogens is 3. The summed E-state index contributed by atoms with van der Waals surface area (Å²) in [5.74, 6) is 6.26. The molecule has 11 aliphatic rings. The second-order valence-corrected chi connectivity index (χ2v) is 44.0. The third-order valence-corrected chi connectivity index (χ3v) is 30.7. The summed E-state index contributed by atoms with van der Waals surface area (Å²) in [5.41, 5.74) is 4.84. The number of benzene rings is 4. The van der Waals surface area contributed by atoms with Gasteiger partial charge in [0, 0.05) is 139 Å². The van der Waals surface area contributed by atoms with Gasteiger partial charge in [-0.15, -0.1) is 0 Å². The minimum absolute atomic E-state index is 0.00526. The molecule has 19 rings (SSSR count). The lowest BCUT2D eigenvalue weighted by Gasteiger charge is -2.34. The maximum absolute atomic E-state index is 13.2.